The number of sulfone groups is 1. The number of fused-ring (bicyclic) bond motifs is 1. The van der Waals surface area contributed by atoms with Crippen LogP contribution in [0, 0.1) is 6.92 Å². The van der Waals surface area contributed by atoms with Crippen molar-refractivity contribution in [1.29, 1.82) is 0 Å². The van der Waals surface area contributed by atoms with Gasteiger partial charge in [0.25, 0.3) is 0 Å². The normalized spacial score (nSPS) is 15.6. The zero-order valence-corrected chi connectivity index (χ0v) is 11.9. The fraction of sp³-hybridized carbons (Fsp3) is 0.125. The third kappa shape index (κ3) is 2.23. The zero-order valence-electron chi connectivity index (χ0n) is 11.0. The smallest absolute Gasteiger partial charge is 0.201 e. The van der Waals surface area contributed by atoms with E-state index < -0.39 is 9.84 Å². The van der Waals surface area contributed by atoms with Gasteiger partial charge in [-0.25, -0.2) is 8.42 Å². The van der Waals surface area contributed by atoms with Gasteiger partial charge in [0.1, 0.15) is 12.4 Å². The predicted octanol–water partition coefficient (Wildman–Crippen LogP) is 3.20. The second-order valence-electron chi connectivity index (χ2n) is 4.74. The van der Waals surface area contributed by atoms with Gasteiger partial charge in [-0.05, 0) is 24.6 Å². The monoisotopic (exact) mass is 286 g/mol. The van der Waals surface area contributed by atoms with Crippen molar-refractivity contribution in [2.75, 3.05) is 6.61 Å². The van der Waals surface area contributed by atoms with Gasteiger partial charge in [-0.1, -0.05) is 36.4 Å². The Morgan fingerprint density at radius 1 is 1.00 bits per heavy atom. The molecule has 1 aliphatic heterocycles. The molecular weight excluding hydrogens is 272 g/mol. The van der Waals surface area contributed by atoms with E-state index in [0.717, 1.165) is 16.9 Å². The van der Waals surface area contributed by atoms with Crippen molar-refractivity contribution in [2.24, 2.45) is 0 Å². The van der Waals surface area contributed by atoms with Crippen molar-refractivity contribution >= 4 is 15.4 Å². The molecule has 0 fully saturated rings. The second-order valence-corrected chi connectivity index (χ2v) is 6.48. The average Bonchev–Trinajstić information content (AvgIpc) is 2.70. The molecule has 3 nitrogen and oxygen atoms in total. The van der Waals surface area contributed by atoms with Crippen LogP contribution in [0.4, 0.5) is 0 Å². The van der Waals surface area contributed by atoms with Crippen LogP contribution in [0.2, 0.25) is 0 Å². The number of hydrogen-bond donors (Lipinski definition) is 0. The molecule has 1 aliphatic rings. The van der Waals surface area contributed by atoms with E-state index in [1.54, 1.807) is 0 Å². The standard InChI is InChI=1S/C16H14O3S/c1-12-6-5-9-15-13(11-20(17,18)16(12)15)10-19-14-7-3-2-4-8-14/h2-9,11H,10H2,1H3. The van der Waals surface area contributed by atoms with E-state index in [1.807, 2.05) is 55.5 Å². The molecule has 0 N–H and O–H groups in total. The van der Waals surface area contributed by atoms with Gasteiger partial charge >= 0.3 is 0 Å². The SMILES string of the molecule is Cc1cccc2c1S(=O)(=O)C=C2COc1ccccc1. The van der Waals surface area contributed by atoms with Crippen LogP contribution in [0.5, 0.6) is 5.75 Å². The minimum Gasteiger partial charge on any atom is -0.489 e. The van der Waals surface area contributed by atoms with E-state index in [4.69, 9.17) is 4.74 Å². The minimum atomic E-state index is -3.33. The maximum absolute atomic E-state index is 12.2. The molecule has 0 amide bonds. The van der Waals surface area contributed by atoms with Crippen LogP contribution in [-0.4, -0.2) is 15.0 Å². The quantitative estimate of drug-likeness (QED) is 0.870. The van der Waals surface area contributed by atoms with E-state index >= 15 is 0 Å². The summed E-state index contributed by atoms with van der Waals surface area (Å²) < 4.78 is 30.0. The molecule has 0 atom stereocenters. The highest BCUT2D eigenvalue weighted by atomic mass is 32.2. The predicted molar refractivity (Wildman–Crippen MR) is 78.3 cm³/mol. The Bertz CT molecular complexity index is 775. The molecule has 0 saturated heterocycles. The van der Waals surface area contributed by atoms with Gasteiger partial charge in [-0.15, -0.1) is 0 Å². The molecule has 0 saturated carbocycles. The summed E-state index contributed by atoms with van der Waals surface area (Å²) in [6.07, 6.45) is 0. The van der Waals surface area contributed by atoms with Crippen molar-refractivity contribution in [2.45, 2.75) is 11.8 Å². The summed E-state index contributed by atoms with van der Waals surface area (Å²) in [6, 6.07) is 14.9. The molecule has 102 valence electrons. The number of ether oxygens (including phenoxy) is 1. The van der Waals surface area contributed by atoms with Gasteiger partial charge in [-0.2, -0.15) is 0 Å². The maximum atomic E-state index is 12.2. The fourth-order valence-corrected chi connectivity index (χ4v) is 4.09. The molecule has 0 unspecified atom stereocenters. The van der Waals surface area contributed by atoms with Gasteiger partial charge in [-0.3, -0.25) is 0 Å². The lowest BCUT2D eigenvalue weighted by Gasteiger charge is -2.08. The first-order valence-corrected chi connectivity index (χ1v) is 7.86. The number of para-hydroxylation sites is 1. The van der Waals surface area contributed by atoms with Crippen LogP contribution in [0.15, 0.2) is 58.8 Å². The van der Waals surface area contributed by atoms with E-state index in [0.29, 0.717) is 10.5 Å². The molecule has 0 bridgehead atoms. The molecule has 4 heteroatoms. The molecule has 2 aromatic rings. The minimum absolute atomic E-state index is 0.250. The third-order valence-electron chi connectivity index (χ3n) is 3.28. The van der Waals surface area contributed by atoms with Crippen molar-refractivity contribution in [3.8, 4) is 5.75 Å². The summed E-state index contributed by atoms with van der Waals surface area (Å²) in [6.45, 7) is 2.06. The first-order valence-electron chi connectivity index (χ1n) is 6.31. The van der Waals surface area contributed by atoms with Crippen LogP contribution >= 0.6 is 0 Å². The molecular formula is C16H14O3S. The van der Waals surface area contributed by atoms with Crippen LogP contribution in [0.1, 0.15) is 11.1 Å². The molecule has 3 rings (SSSR count). The Labute approximate surface area is 118 Å². The van der Waals surface area contributed by atoms with Gasteiger partial charge in [0.15, 0.2) is 0 Å². The lowest BCUT2D eigenvalue weighted by atomic mass is 10.1. The lowest BCUT2D eigenvalue weighted by molar-refractivity contribution is 0.370. The van der Waals surface area contributed by atoms with Crippen LogP contribution in [-0.2, 0) is 9.84 Å². The largest absolute Gasteiger partial charge is 0.489 e. The molecule has 20 heavy (non-hydrogen) atoms. The van der Waals surface area contributed by atoms with Crippen LogP contribution < -0.4 is 4.74 Å². The van der Waals surface area contributed by atoms with Crippen molar-refractivity contribution in [1.82, 2.24) is 0 Å². The highest BCUT2D eigenvalue weighted by Crippen LogP contribution is 2.35. The second kappa shape index (κ2) is 4.80. The summed E-state index contributed by atoms with van der Waals surface area (Å²) in [5, 5.41) is 1.31. The number of rotatable bonds is 3. The molecule has 1 heterocycles. The van der Waals surface area contributed by atoms with E-state index in [-0.39, 0.29) is 6.61 Å². The molecule has 2 aromatic carbocycles. The number of hydrogen-bond acceptors (Lipinski definition) is 3. The molecule has 0 aliphatic carbocycles. The summed E-state index contributed by atoms with van der Waals surface area (Å²) in [5.74, 6) is 0.729. The Hall–Kier alpha value is -2.07. The summed E-state index contributed by atoms with van der Waals surface area (Å²) in [4.78, 5) is 0.409. The van der Waals surface area contributed by atoms with Crippen molar-refractivity contribution in [3.63, 3.8) is 0 Å². The Morgan fingerprint density at radius 2 is 1.75 bits per heavy atom. The first-order chi connectivity index (χ1) is 9.58. The van der Waals surface area contributed by atoms with Gasteiger partial charge < -0.3 is 4.74 Å². The Balaban J connectivity index is 1.92. The Kier molecular flexibility index (Phi) is 3.10. The molecule has 0 aromatic heterocycles. The van der Waals surface area contributed by atoms with Crippen LogP contribution in [0.25, 0.3) is 5.57 Å². The van der Waals surface area contributed by atoms with E-state index in [9.17, 15) is 8.42 Å². The maximum Gasteiger partial charge on any atom is 0.201 e. The van der Waals surface area contributed by atoms with Gasteiger partial charge in [0.2, 0.25) is 9.84 Å². The highest BCUT2D eigenvalue weighted by Gasteiger charge is 2.28. The van der Waals surface area contributed by atoms with Crippen LogP contribution in [0.3, 0.4) is 0 Å². The Morgan fingerprint density at radius 3 is 2.50 bits per heavy atom. The average molecular weight is 286 g/mol. The number of benzene rings is 2. The van der Waals surface area contributed by atoms with Crippen molar-refractivity contribution in [3.05, 3.63) is 65.1 Å². The van der Waals surface area contributed by atoms with Crippen molar-refractivity contribution < 1.29 is 13.2 Å². The molecule has 0 spiro atoms. The summed E-state index contributed by atoms with van der Waals surface area (Å²) in [5.41, 5.74) is 2.22. The highest BCUT2D eigenvalue weighted by molar-refractivity contribution is 7.95. The third-order valence-corrected chi connectivity index (χ3v) is 4.98. The zero-order chi connectivity index (χ0) is 14.2. The first kappa shape index (κ1) is 12.9. The lowest BCUT2D eigenvalue weighted by Crippen LogP contribution is -2.00. The summed E-state index contributed by atoms with van der Waals surface area (Å²) in [7, 11) is -3.33. The summed E-state index contributed by atoms with van der Waals surface area (Å²) >= 11 is 0. The van der Waals surface area contributed by atoms with Gasteiger partial charge in [0, 0.05) is 16.5 Å². The topological polar surface area (TPSA) is 43.4 Å². The van der Waals surface area contributed by atoms with E-state index in [2.05, 4.69) is 0 Å². The van der Waals surface area contributed by atoms with Gasteiger partial charge in [0.05, 0.1) is 4.90 Å². The number of aryl methyl sites for hydroxylation is 1. The molecule has 0 radical (unpaired) electrons. The fourth-order valence-electron chi connectivity index (χ4n) is 2.38. The van der Waals surface area contributed by atoms with E-state index in [1.165, 1.54) is 5.41 Å².